The van der Waals surface area contributed by atoms with E-state index in [2.05, 4.69) is 39.6 Å². The Kier molecular flexibility index (Phi) is 6.38. The van der Waals surface area contributed by atoms with Crippen molar-refractivity contribution in [1.29, 1.82) is 0 Å². The van der Waals surface area contributed by atoms with Crippen molar-refractivity contribution in [3.8, 4) is 0 Å². The summed E-state index contributed by atoms with van der Waals surface area (Å²) in [4.78, 5) is 2.32. The molecular weight excluding hydrogens is 174 g/mol. The van der Waals surface area contributed by atoms with Crippen molar-refractivity contribution in [1.82, 2.24) is 4.90 Å². The Balaban J connectivity index is 3.60. The zero-order valence-corrected chi connectivity index (χ0v) is 10.5. The summed E-state index contributed by atoms with van der Waals surface area (Å²) in [6.45, 7) is 11.1. The molecule has 14 heavy (non-hydrogen) atoms. The summed E-state index contributed by atoms with van der Waals surface area (Å²) in [6, 6.07) is 0. The average molecular weight is 201 g/mol. The Morgan fingerprint density at radius 3 is 2.29 bits per heavy atom. The molecular formula is C12H27NO. The van der Waals surface area contributed by atoms with Gasteiger partial charge in [-0.1, -0.05) is 27.7 Å². The third kappa shape index (κ3) is 7.34. The lowest BCUT2D eigenvalue weighted by Crippen LogP contribution is -2.34. The summed E-state index contributed by atoms with van der Waals surface area (Å²) in [7, 11) is 2.14. The first-order valence-corrected chi connectivity index (χ1v) is 5.67. The zero-order valence-electron chi connectivity index (χ0n) is 10.5. The minimum Gasteiger partial charge on any atom is -0.396 e. The van der Waals surface area contributed by atoms with Crippen LogP contribution < -0.4 is 0 Å². The molecule has 0 aliphatic carbocycles. The highest BCUT2D eigenvalue weighted by molar-refractivity contribution is 4.71. The van der Waals surface area contributed by atoms with Gasteiger partial charge in [0.15, 0.2) is 0 Å². The zero-order chi connectivity index (χ0) is 11.2. The van der Waals surface area contributed by atoms with Crippen molar-refractivity contribution in [2.45, 2.75) is 40.5 Å². The van der Waals surface area contributed by atoms with Crippen LogP contribution in [0.15, 0.2) is 0 Å². The Labute approximate surface area is 89.3 Å². The van der Waals surface area contributed by atoms with E-state index in [-0.39, 0.29) is 12.0 Å². The standard InChI is InChI=1S/C12H27NO/c1-11(2)7-6-8-13(5)9-12(3,4)10-14/h11,14H,6-10H2,1-5H3. The molecule has 0 aromatic heterocycles. The van der Waals surface area contributed by atoms with Crippen LogP contribution >= 0.6 is 0 Å². The molecule has 0 rings (SSSR count). The predicted octanol–water partition coefficient (Wildman–Crippen LogP) is 2.37. The second kappa shape index (κ2) is 6.41. The number of nitrogens with zero attached hydrogens (tertiary/aromatic N) is 1. The third-order valence-corrected chi connectivity index (χ3v) is 2.45. The van der Waals surface area contributed by atoms with Crippen LogP contribution in [0.3, 0.4) is 0 Å². The Morgan fingerprint density at radius 1 is 1.29 bits per heavy atom. The number of aliphatic hydroxyl groups excluding tert-OH is 1. The summed E-state index contributed by atoms with van der Waals surface area (Å²) >= 11 is 0. The molecule has 0 saturated carbocycles. The van der Waals surface area contributed by atoms with E-state index in [9.17, 15) is 0 Å². The van der Waals surface area contributed by atoms with Crippen molar-refractivity contribution in [3.05, 3.63) is 0 Å². The van der Waals surface area contributed by atoms with Crippen molar-refractivity contribution < 1.29 is 5.11 Å². The van der Waals surface area contributed by atoms with Gasteiger partial charge in [-0.2, -0.15) is 0 Å². The maximum absolute atomic E-state index is 9.13. The lowest BCUT2D eigenvalue weighted by atomic mass is 9.94. The lowest BCUT2D eigenvalue weighted by molar-refractivity contribution is 0.114. The molecule has 0 atom stereocenters. The van der Waals surface area contributed by atoms with Gasteiger partial charge in [0.2, 0.25) is 0 Å². The first-order valence-electron chi connectivity index (χ1n) is 5.67. The molecule has 0 saturated heterocycles. The predicted molar refractivity (Wildman–Crippen MR) is 62.4 cm³/mol. The first-order chi connectivity index (χ1) is 6.37. The van der Waals surface area contributed by atoms with Gasteiger partial charge in [0, 0.05) is 18.6 Å². The number of aliphatic hydroxyl groups is 1. The molecule has 0 heterocycles. The normalized spacial score (nSPS) is 12.9. The molecule has 1 N–H and O–H groups in total. The SMILES string of the molecule is CC(C)CCCN(C)CC(C)(C)CO. The van der Waals surface area contributed by atoms with Gasteiger partial charge in [0.1, 0.15) is 0 Å². The monoisotopic (exact) mass is 201 g/mol. The highest BCUT2D eigenvalue weighted by Gasteiger charge is 2.18. The van der Waals surface area contributed by atoms with Gasteiger partial charge in [-0.05, 0) is 32.4 Å². The van der Waals surface area contributed by atoms with E-state index in [0.717, 1.165) is 19.0 Å². The summed E-state index contributed by atoms with van der Waals surface area (Å²) in [5.74, 6) is 0.800. The Hall–Kier alpha value is -0.0800. The molecule has 0 unspecified atom stereocenters. The molecule has 0 spiro atoms. The lowest BCUT2D eigenvalue weighted by Gasteiger charge is -2.28. The molecule has 2 nitrogen and oxygen atoms in total. The maximum Gasteiger partial charge on any atom is 0.0494 e. The summed E-state index contributed by atoms with van der Waals surface area (Å²) in [6.07, 6.45) is 2.56. The molecule has 0 bridgehead atoms. The van der Waals surface area contributed by atoms with Gasteiger partial charge in [0.05, 0.1) is 0 Å². The van der Waals surface area contributed by atoms with Gasteiger partial charge in [-0.25, -0.2) is 0 Å². The van der Waals surface area contributed by atoms with Gasteiger partial charge < -0.3 is 10.0 Å². The Bertz CT molecular complexity index is 143. The fraction of sp³-hybridized carbons (Fsp3) is 1.00. The first kappa shape index (κ1) is 13.9. The van der Waals surface area contributed by atoms with Crippen LogP contribution in [0.4, 0.5) is 0 Å². The molecule has 0 aromatic rings. The molecule has 0 aliphatic heterocycles. The minimum absolute atomic E-state index is 0.0343. The van der Waals surface area contributed by atoms with E-state index < -0.39 is 0 Å². The molecule has 0 fully saturated rings. The van der Waals surface area contributed by atoms with E-state index in [1.807, 2.05) is 0 Å². The van der Waals surface area contributed by atoms with Crippen LogP contribution in [0.5, 0.6) is 0 Å². The topological polar surface area (TPSA) is 23.5 Å². The number of rotatable bonds is 7. The maximum atomic E-state index is 9.13. The van der Waals surface area contributed by atoms with E-state index in [1.54, 1.807) is 0 Å². The Morgan fingerprint density at radius 2 is 1.86 bits per heavy atom. The van der Waals surface area contributed by atoms with Gasteiger partial charge in [-0.15, -0.1) is 0 Å². The second-order valence-corrected chi connectivity index (χ2v) is 5.60. The largest absolute Gasteiger partial charge is 0.396 e. The summed E-state index contributed by atoms with van der Waals surface area (Å²) in [5, 5.41) is 9.13. The highest BCUT2D eigenvalue weighted by atomic mass is 16.3. The van der Waals surface area contributed by atoms with Crippen LogP contribution in [0.25, 0.3) is 0 Å². The van der Waals surface area contributed by atoms with Crippen LogP contribution in [0.2, 0.25) is 0 Å². The number of hydrogen-bond acceptors (Lipinski definition) is 2. The van der Waals surface area contributed by atoms with E-state index in [4.69, 9.17) is 5.11 Å². The van der Waals surface area contributed by atoms with E-state index in [0.29, 0.717) is 0 Å². The van der Waals surface area contributed by atoms with Gasteiger partial charge in [-0.3, -0.25) is 0 Å². The smallest absolute Gasteiger partial charge is 0.0494 e. The van der Waals surface area contributed by atoms with E-state index in [1.165, 1.54) is 12.8 Å². The van der Waals surface area contributed by atoms with Crippen molar-refractivity contribution in [2.24, 2.45) is 11.3 Å². The number of hydrogen-bond donors (Lipinski definition) is 1. The van der Waals surface area contributed by atoms with Crippen LogP contribution in [-0.2, 0) is 0 Å². The highest BCUT2D eigenvalue weighted by Crippen LogP contribution is 2.15. The van der Waals surface area contributed by atoms with Crippen LogP contribution in [0, 0.1) is 11.3 Å². The molecule has 86 valence electrons. The fourth-order valence-corrected chi connectivity index (χ4v) is 1.63. The molecule has 0 aromatic carbocycles. The molecule has 0 radical (unpaired) electrons. The average Bonchev–Trinajstić information content (AvgIpc) is 2.02. The van der Waals surface area contributed by atoms with Crippen LogP contribution in [0.1, 0.15) is 40.5 Å². The minimum atomic E-state index is 0.0343. The quantitative estimate of drug-likeness (QED) is 0.683. The van der Waals surface area contributed by atoms with Crippen molar-refractivity contribution in [2.75, 3.05) is 26.7 Å². The summed E-state index contributed by atoms with van der Waals surface area (Å²) < 4.78 is 0. The van der Waals surface area contributed by atoms with Gasteiger partial charge in [0.25, 0.3) is 0 Å². The molecule has 2 heteroatoms. The second-order valence-electron chi connectivity index (χ2n) is 5.60. The van der Waals surface area contributed by atoms with Gasteiger partial charge >= 0.3 is 0 Å². The third-order valence-electron chi connectivity index (χ3n) is 2.45. The molecule has 0 aliphatic rings. The molecule has 0 amide bonds. The van der Waals surface area contributed by atoms with E-state index >= 15 is 0 Å². The fourth-order valence-electron chi connectivity index (χ4n) is 1.63. The van der Waals surface area contributed by atoms with Crippen molar-refractivity contribution in [3.63, 3.8) is 0 Å². The van der Waals surface area contributed by atoms with Crippen molar-refractivity contribution >= 4 is 0 Å². The summed E-state index contributed by atoms with van der Waals surface area (Å²) in [5.41, 5.74) is 0.0343. The van der Waals surface area contributed by atoms with Crippen LogP contribution in [-0.4, -0.2) is 36.8 Å².